The first-order valence-corrected chi connectivity index (χ1v) is 6.78. The fourth-order valence-corrected chi connectivity index (χ4v) is 2.77. The maximum absolute atomic E-state index is 12.1. The second kappa shape index (κ2) is 6.75. The van der Waals surface area contributed by atoms with Gasteiger partial charge in [-0.3, -0.25) is 0 Å². The topological polar surface area (TPSA) is 29.5 Å². The van der Waals surface area contributed by atoms with Crippen molar-refractivity contribution in [3.05, 3.63) is 0 Å². The molecule has 0 aromatic carbocycles. The summed E-state index contributed by atoms with van der Waals surface area (Å²) in [7, 11) is 0. The van der Waals surface area contributed by atoms with Crippen molar-refractivity contribution < 1.29 is 23.0 Å². The van der Waals surface area contributed by atoms with E-state index in [1.54, 1.807) is 0 Å². The van der Waals surface area contributed by atoms with Gasteiger partial charge in [0.2, 0.25) is 0 Å². The minimum absolute atomic E-state index is 0.0283. The van der Waals surface area contributed by atoms with Crippen LogP contribution in [0.1, 0.15) is 58.3 Å². The molecular formula is C13H23F3O2. The largest absolute Gasteiger partial charge is 0.390 e. The number of aliphatic hydroxyl groups is 1. The van der Waals surface area contributed by atoms with Crippen molar-refractivity contribution in [3.63, 3.8) is 0 Å². The van der Waals surface area contributed by atoms with Gasteiger partial charge in [0.1, 0.15) is 0 Å². The van der Waals surface area contributed by atoms with Crippen LogP contribution < -0.4 is 0 Å². The maximum Gasteiger partial charge on any atom is 0.389 e. The van der Waals surface area contributed by atoms with Gasteiger partial charge in [0.05, 0.1) is 11.7 Å². The summed E-state index contributed by atoms with van der Waals surface area (Å²) in [5.74, 6) is 0. The van der Waals surface area contributed by atoms with E-state index in [9.17, 15) is 18.3 Å². The van der Waals surface area contributed by atoms with Gasteiger partial charge in [0.15, 0.2) is 0 Å². The molecule has 0 bridgehead atoms. The lowest BCUT2D eigenvalue weighted by molar-refractivity contribution is -0.153. The molecule has 1 saturated carbocycles. The zero-order valence-electron chi connectivity index (χ0n) is 10.9. The van der Waals surface area contributed by atoms with Crippen LogP contribution in [0.2, 0.25) is 0 Å². The first kappa shape index (κ1) is 15.8. The predicted molar refractivity (Wildman–Crippen MR) is 63.4 cm³/mol. The molecule has 0 radical (unpaired) electrons. The molecule has 1 fully saturated rings. The third kappa shape index (κ3) is 4.76. The first-order valence-electron chi connectivity index (χ1n) is 6.78. The van der Waals surface area contributed by atoms with Crippen molar-refractivity contribution in [2.45, 2.75) is 76.2 Å². The van der Waals surface area contributed by atoms with E-state index in [-0.39, 0.29) is 12.8 Å². The molecular weight excluding hydrogens is 245 g/mol. The maximum atomic E-state index is 12.1. The fraction of sp³-hybridized carbons (Fsp3) is 1.00. The van der Waals surface area contributed by atoms with Crippen LogP contribution in [-0.2, 0) is 4.74 Å². The minimum Gasteiger partial charge on any atom is -0.390 e. The lowest BCUT2D eigenvalue weighted by Gasteiger charge is -2.41. The third-order valence-electron chi connectivity index (χ3n) is 3.68. The van der Waals surface area contributed by atoms with E-state index in [2.05, 4.69) is 0 Å². The molecule has 0 spiro atoms. The van der Waals surface area contributed by atoms with Crippen LogP contribution in [0.3, 0.4) is 0 Å². The lowest BCUT2D eigenvalue weighted by Crippen LogP contribution is -2.46. The average Bonchev–Trinajstić information content (AvgIpc) is 2.29. The molecule has 0 aromatic rings. The fourth-order valence-electron chi connectivity index (χ4n) is 2.77. The van der Waals surface area contributed by atoms with Gasteiger partial charge < -0.3 is 9.84 Å². The summed E-state index contributed by atoms with van der Waals surface area (Å²) >= 11 is 0. The van der Waals surface area contributed by atoms with Crippen LogP contribution in [0.15, 0.2) is 0 Å². The van der Waals surface area contributed by atoms with Crippen molar-refractivity contribution in [1.82, 2.24) is 0 Å². The first-order chi connectivity index (χ1) is 8.40. The quantitative estimate of drug-likeness (QED) is 0.793. The number of ether oxygens (including phenoxy) is 1. The van der Waals surface area contributed by atoms with E-state index in [4.69, 9.17) is 4.74 Å². The molecule has 0 amide bonds. The van der Waals surface area contributed by atoms with E-state index < -0.39 is 24.3 Å². The smallest absolute Gasteiger partial charge is 0.389 e. The number of alkyl halides is 3. The van der Waals surface area contributed by atoms with Crippen molar-refractivity contribution in [2.75, 3.05) is 6.61 Å². The normalized spacial score (nSPS) is 21.8. The second-order valence-corrected chi connectivity index (χ2v) is 5.08. The van der Waals surface area contributed by atoms with Crippen LogP contribution in [0.4, 0.5) is 13.2 Å². The minimum atomic E-state index is -4.13. The zero-order valence-corrected chi connectivity index (χ0v) is 10.9. The molecule has 2 nitrogen and oxygen atoms in total. The molecule has 1 aliphatic carbocycles. The Labute approximate surface area is 107 Å². The summed E-state index contributed by atoms with van der Waals surface area (Å²) in [6, 6.07) is 0. The molecule has 1 N–H and O–H groups in total. The third-order valence-corrected chi connectivity index (χ3v) is 3.68. The van der Waals surface area contributed by atoms with Gasteiger partial charge >= 0.3 is 6.18 Å². The number of hydrogen-bond acceptors (Lipinski definition) is 2. The van der Waals surface area contributed by atoms with Crippen LogP contribution in [0, 0.1) is 0 Å². The molecule has 1 unspecified atom stereocenters. The molecule has 1 rings (SSSR count). The van der Waals surface area contributed by atoms with E-state index >= 15 is 0 Å². The highest BCUT2D eigenvalue weighted by Gasteiger charge is 2.40. The van der Waals surface area contributed by atoms with Crippen LogP contribution in [0.5, 0.6) is 0 Å². The van der Waals surface area contributed by atoms with Gasteiger partial charge in [-0.25, -0.2) is 0 Å². The highest BCUT2D eigenvalue weighted by atomic mass is 19.4. The van der Waals surface area contributed by atoms with Gasteiger partial charge in [-0.05, 0) is 32.6 Å². The molecule has 0 heterocycles. The Bertz CT molecular complexity index is 229. The number of hydrogen-bond donors (Lipinski definition) is 1. The van der Waals surface area contributed by atoms with Gasteiger partial charge in [0, 0.05) is 13.0 Å². The van der Waals surface area contributed by atoms with Gasteiger partial charge in [-0.1, -0.05) is 19.3 Å². The second-order valence-electron chi connectivity index (χ2n) is 5.08. The van der Waals surface area contributed by atoms with Gasteiger partial charge in [-0.15, -0.1) is 0 Å². The Hall–Kier alpha value is -0.290. The molecule has 0 aliphatic heterocycles. The summed E-state index contributed by atoms with van der Waals surface area (Å²) in [5, 5.41) is 10.2. The highest BCUT2D eigenvalue weighted by Crippen LogP contribution is 2.36. The molecule has 108 valence electrons. The van der Waals surface area contributed by atoms with Crippen molar-refractivity contribution >= 4 is 0 Å². The summed E-state index contributed by atoms with van der Waals surface area (Å²) in [6.07, 6.45) is -1.00. The Morgan fingerprint density at radius 2 is 1.83 bits per heavy atom. The number of halogens is 3. The van der Waals surface area contributed by atoms with Gasteiger partial charge in [0.25, 0.3) is 0 Å². The lowest BCUT2D eigenvalue weighted by atomic mass is 9.79. The summed E-state index contributed by atoms with van der Waals surface area (Å²) in [4.78, 5) is 0. The monoisotopic (exact) mass is 268 g/mol. The van der Waals surface area contributed by atoms with Crippen molar-refractivity contribution in [3.8, 4) is 0 Å². The van der Waals surface area contributed by atoms with Crippen molar-refractivity contribution in [1.29, 1.82) is 0 Å². The summed E-state index contributed by atoms with van der Waals surface area (Å²) < 4.78 is 41.9. The Morgan fingerprint density at radius 3 is 2.33 bits per heavy atom. The Kier molecular flexibility index (Phi) is 5.92. The van der Waals surface area contributed by atoms with E-state index in [0.29, 0.717) is 6.61 Å². The molecule has 1 atom stereocenters. The van der Waals surface area contributed by atoms with Crippen LogP contribution >= 0.6 is 0 Å². The van der Waals surface area contributed by atoms with E-state index in [0.717, 1.165) is 32.1 Å². The Morgan fingerprint density at radius 1 is 1.22 bits per heavy atom. The summed E-state index contributed by atoms with van der Waals surface area (Å²) in [5.41, 5.74) is -0.599. The predicted octanol–water partition coefficient (Wildman–Crippen LogP) is 3.82. The van der Waals surface area contributed by atoms with Crippen LogP contribution in [-0.4, -0.2) is 29.6 Å². The van der Waals surface area contributed by atoms with E-state index in [1.165, 1.54) is 0 Å². The van der Waals surface area contributed by atoms with Crippen LogP contribution in [0.25, 0.3) is 0 Å². The standard InChI is InChI=1S/C13H23F3O2/c1-2-18-12(8-4-3-5-9-12)11(17)7-6-10-13(14,15)16/h11,17H,2-10H2,1H3. The van der Waals surface area contributed by atoms with Gasteiger partial charge in [-0.2, -0.15) is 13.2 Å². The molecule has 18 heavy (non-hydrogen) atoms. The Balaban J connectivity index is 2.46. The zero-order chi connectivity index (χ0) is 13.6. The molecule has 1 aliphatic rings. The van der Waals surface area contributed by atoms with E-state index in [1.807, 2.05) is 6.92 Å². The average molecular weight is 268 g/mol. The number of rotatable bonds is 6. The van der Waals surface area contributed by atoms with Crippen molar-refractivity contribution in [2.24, 2.45) is 0 Å². The SMILES string of the molecule is CCOC1(C(O)CCCC(F)(F)F)CCCCC1. The summed E-state index contributed by atoms with van der Waals surface area (Å²) in [6.45, 7) is 2.36. The molecule has 5 heteroatoms. The molecule has 0 aromatic heterocycles. The number of aliphatic hydroxyl groups excluding tert-OH is 1. The highest BCUT2D eigenvalue weighted by molar-refractivity contribution is 4.91. The molecule has 0 saturated heterocycles.